The molecule has 0 atom stereocenters. The van der Waals surface area contributed by atoms with Crippen LogP contribution in [0.2, 0.25) is 0 Å². The lowest BCUT2D eigenvalue weighted by atomic mass is 10.1. The van der Waals surface area contributed by atoms with Gasteiger partial charge < -0.3 is 5.32 Å². The van der Waals surface area contributed by atoms with Crippen molar-refractivity contribution < 1.29 is 0 Å². The van der Waals surface area contributed by atoms with Gasteiger partial charge >= 0.3 is 0 Å². The first-order valence-corrected chi connectivity index (χ1v) is 5.91. The Morgan fingerprint density at radius 2 is 2.18 bits per heavy atom. The standard InChI is InChI=1S/C13H18N4/c1-3-17-10-12(7-16-17)6-15-9-13-8-14-5-4-11(13)2/h4-5,7-8,10,15H,3,6,9H2,1-2H3. The van der Waals surface area contributed by atoms with E-state index in [1.807, 2.05) is 29.3 Å². The Bertz CT molecular complexity index is 476. The van der Waals surface area contributed by atoms with Crippen molar-refractivity contribution in [3.8, 4) is 0 Å². The van der Waals surface area contributed by atoms with Gasteiger partial charge in [-0.2, -0.15) is 5.10 Å². The Morgan fingerprint density at radius 3 is 2.88 bits per heavy atom. The third-order valence-corrected chi connectivity index (χ3v) is 2.80. The van der Waals surface area contributed by atoms with Crippen molar-refractivity contribution in [1.29, 1.82) is 0 Å². The average molecular weight is 230 g/mol. The zero-order valence-corrected chi connectivity index (χ0v) is 10.3. The third kappa shape index (κ3) is 3.14. The molecule has 4 heteroatoms. The number of aromatic nitrogens is 3. The Labute approximate surface area is 102 Å². The van der Waals surface area contributed by atoms with E-state index in [0.29, 0.717) is 0 Å². The number of pyridine rings is 1. The lowest BCUT2D eigenvalue weighted by Gasteiger charge is -2.05. The number of hydrogen-bond donors (Lipinski definition) is 1. The normalized spacial score (nSPS) is 10.7. The molecule has 0 radical (unpaired) electrons. The van der Waals surface area contributed by atoms with E-state index in [1.165, 1.54) is 16.7 Å². The van der Waals surface area contributed by atoms with Gasteiger partial charge in [0.25, 0.3) is 0 Å². The first kappa shape index (κ1) is 11.8. The highest BCUT2D eigenvalue weighted by molar-refractivity contribution is 5.21. The maximum Gasteiger partial charge on any atom is 0.0534 e. The summed E-state index contributed by atoms with van der Waals surface area (Å²) in [4.78, 5) is 4.13. The molecule has 17 heavy (non-hydrogen) atoms. The van der Waals surface area contributed by atoms with Crippen molar-refractivity contribution in [2.24, 2.45) is 0 Å². The summed E-state index contributed by atoms with van der Waals surface area (Å²) in [6, 6.07) is 2.03. The minimum atomic E-state index is 0.842. The van der Waals surface area contributed by atoms with Crippen LogP contribution in [0.5, 0.6) is 0 Å². The summed E-state index contributed by atoms with van der Waals surface area (Å²) >= 11 is 0. The molecular weight excluding hydrogens is 212 g/mol. The van der Waals surface area contributed by atoms with E-state index in [-0.39, 0.29) is 0 Å². The van der Waals surface area contributed by atoms with E-state index in [1.54, 1.807) is 0 Å². The van der Waals surface area contributed by atoms with Crippen molar-refractivity contribution in [2.45, 2.75) is 33.5 Å². The van der Waals surface area contributed by atoms with Crippen LogP contribution in [0.15, 0.2) is 30.9 Å². The van der Waals surface area contributed by atoms with E-state index in [4.69, 9.17) is 0 Å². The van der Waals surface area contributed by atoms with Crippen LogP contribution in [0.4, 0.5) is 0 Å². The smallest absolute Gasteiger partial charge is 0.0534 e. The summed E-state index contributed by atoms with van der Waals surface area (Å²) in [6.07, 6.45) is 7.72. The summed E-state index contributed by atoms with van der Waals surface area (Å²) in [5.41, 5.74) is 3.74. The monoisotopic (exact) mass is 230 g/mol. The zero-order chi connectivity index (χ0) is 12.1. The van der Waals surface area contributed by atoms with Crippen molar-refractivity contribution in [2.75, 3.05) is 0 Å². The van der Waals surface area contributed by atoms with Gasteiger partial charge in [0.2, 0.25) is 0 Å². The molecule has 0 aliphatic rings. The van der Waals surface area contributed by atoms with Crippen LogP contribution >= 0.6 is 0 Å². The van der Waals surface area contributed by atoms with E-state index in [9.17, 15) is 0 Å². The van der Waals surface area contributed by atoms with Crippen molar-refractivity contribution in [1.82, 2.24) is 20.1 Å². The largest absolute Gasteiger partial charge is 0.308 e. The topological polar surface area (TPSA) is 42.7 Å². The van der Waals surface area contributed by atoms with Gasteiger partial charge in [-0.1, -0.05) is 0 Å². The minimum Gasteiger partial charge on any atom is -0.308 e. The molecular formula is C13H18N4. The van der Waals surface area contributed by atoms with E-state index in [0.717, 1.165) is 19.6 Å². The molecule has 2 aromatic rings. The number of rotatable bonds is 5. The molecule has 0 amide bonds. The number of nitrogens with one attached hydrogen (secondary N) is 1. The lowest BCUT2D eigenvalue weighted by Crippen LogP contribution is -2.13. The Morgan fingerprint density at radius 1 is 1.29 bits per heavy atom. The van der Waals surface area contributed by atoms with Crippen LogP contribution in [-0.2, 0) is 19.6 Å². The molecule has 0 unspecified atom stereocenters. The molecule has 0 bridgehead atoms. The first-order chi connectivity index (χ1) is 8.29. The lowest BCUT2D eigenvalue weighted by molar-refractivity contribution is 0.655. The Hall–Kier alpha value is -1.68. The maximum atomic E-state index is 4.24. The van der Waals surface area contributed by atoms with Gasteiger partial charge in [0.05, 0.1) is 6.20 Å². The maximum absolute atomic E-state index is 4.24. The van der Waals surface area contributed by atoms with Crippen LogP contribution in [0.3, 0.4) is 0 Å². The zero-order valence-electron chi connectivity index (χ0n) is 10.3. The van der Waals surface area contributed by atoms with E-state index in [2.05, 4.69) is 35.4 Å². The van der Waals surface area contributed by atoms with Crippen LogP contribution in [-0.4, -0.2) is 14.8 Å². The van der Waals surface area contributed by atoms with Crippen LogP contribution in [0, 0.1) is 6.92 Å². The van der Waals surface area contributed by atoms with Gasteiger partial charge in [-0.05, 0) is 31.0 Å². The highest BCUT2D eigenvalue weighted by atomic mass is 15.3. The second-order valence-electron chi connectivity index (χ2n) is 4.11. The number of aryl methyl sites for hydroxylation is 2. The predicted octanol–water partition coefficient (Wildman–Crippen LogP) is 1.90. The fraction of sp³-hybridized carbons (Fsp3) is 0.385. The molecule has 4 nitrogen and oxygen atoms in total. The van der Waals surface area contributed by atoms with Gasteiger partial charge in [-0.25, -0.2) is 0 Å². The first-order valence-electron chi connectivity index (χ1n) is 5.91. The molecule has 2 rings (SSSR count). The average Bonchev–Trinajstić information content (AvgIpc) is 2.80. The molecule has 0 saturated heterocycles. The van der Waals surface area contributed by atoms with Gasteiger partial charge in [0, 0.05) is 43.8 Å². The molecule has 0 aliphatic carbocycles. The second-order valence-corrected chi connectivity index (χ2v) is 4.11. The SMILES string of the molecule is CCn1cc(CNCc2cnccc2C)cn1. The van der Waals surface area contributed by atoms with Crippen LogP contribution in [0.1, 0.15) is 23.6 Å². The molecule has 90 valence electrons. The van der Waals surface area contributed by atoms with Gasteiger partial charge in [0.15, 0.2) is 0 Å². The molecule has 2 heterocycles. The molecule has 2 aromatic heterocycles. The molecule has 0 aromatic carbocycles. The highest BCUT2D eigenvalue weighted by Gasteiger charge is 1.99. The van der Waals surface area contributed by atoms with Crippen molar-refractivity contribution in [3.63, 3.8) is 0 Å². The summed E-state index contributed by atoms with van der Waals surface area (Å²) in [7, 11) is 0. The minimum absolute atomic E-state index is 0.842. The number of nitrogens with zero attached hydrogens (tertiary/aromatic N) is 3. The van der Waals surface area contributed by atoms with Crippen LogP contribution < -0.4 is 5.32 Å². The van der Waals surface area contributed by atoms with Gasteiger partial charge in [-0.15, -0.1) is 0 Å². The third-order valence-electron chi connectivity index (χ3n) is 2.80. The van der Waals surface area contributed by atoms with Crippen molar-refractivity contribution in [3.05, 3.63) is 47.5 Å². The second kappa shape index (κ2) is 5.59. The quantitative estimate of drug-likeness (QED) is 0.853. The fourth-order valence-electron chi connectivity index (χ4n) is 1.69. The van der Waals surface area contributed by atoms with E-state index < -0.39 is 0 Å². The van der Waals surface area contributed by atoms with Crippen molar-refractivity contribution >= 4 is 0 Å². The summed E-state index contributed by atoms with van der Waals surface area (Å²) in [5.74, 6) is 0. The van der Waals surface area contributed by atoms with Gasteiger partial charge in [0.1, 0.15) is 0 Å². The molecule has 0 spiro atoms. The fourth-order valence-corrected chi connectivity index (χ4v) is 1.69. The Balaban J connectivity index is 1.85. The molecule has 0 fully saturated rings. The Kier molecular flexibility index (Phi) is 3.88. The molecule has 0 aliphatic heterocycles. The summed E-state index contributed by atoms with van der Waals surface area (Å²) < 4.78 is 1.94. The highest BCUT2D eigenvalue weighted by Crippen LogP contribution is 2.05. The summed E-state index contributed by atoms with van der Waals surface area (Å²) in [6.45, 7) is 6.80. The number of hydrogen-bond acceptors (Lipinski definition) is 3. The van der Waals surface area contributed by atoms with Crippen LogP contribution in [0.25, 0.3) is 0 Å². The summed E-state index contributed by atoms with van der Waals surface area (Å²) in [5, 5.41) is 7.65. The molecule has 1 N–H and O–H groups in total. The predicted molar refractivity (Wildman–Crippen MR) is 67.4 cm³/mol. The van der Waals surface area contributed by atoms with E-state index >= 15 is 0 Å². The molecule has 0 saturated carbocycles. The van der Waals surface area contributed by atoms with Gasteiger partial charge in [-0.3, -0.25) is 9.67 Å².